The lowest BCUT2D eigenvalue weighted by atomic mass is 10.2. The number of anilines is 2. The highest BCUT2D eigenvalue weighted by molar-refractivity contribution is 8.00. The number of amides is 2. The van der Waals surface area contributed by atoms with E-state index in [1.807, 2.05) is 103 Å². The Bertz CT molecular complexity index is 2360. The van der Waals surface area contributed by atoms with Crippen molar-refractivity contribution in [2.45, 2.75) is 67.3 Å². The molecule has 2 aromatic heterocycles. The van der Waals surface area contributed by atoms with Gasteiger partial charge in [-0.2, -0.15) is 0 Å². The number of rotatable bonds is 11. The first kappa shape index (κ1) is 40.3. The molecule has 54 heavy (non-hydrogen) atoms. The SMILES string of the molecule is CC(=O)Nc1cccc2c1c(Sc1ccc(Cl)cc1)c(C)n2CC(=O)O.CCOC(=O)Cn1c(C)c(Sc2ccc(Cl)cc2)c2c(NC(C)=O)cccc21. The van der Waals surface area contributed by atoms with Gasteiger partial charge in [-0.15, -0.1) is 0 Å². The van der Waals surface area contributed by atoms with Gasteiger partial charge in [-0.1, -0.05) is 58.9 Å². The third-order valence-corrected chi connectivity index (χ3v) is 11.1. The smallest absolute Gasteiger partial charge is 0.325 e. The number of benzene rings is 4. The number of esters is 1. The summed E-state index contributed by atoms with van der Waals surface area (Å²) >= 11 is 15.1. The Hall–Kier alpha value is -4.88. The van der Waals surface area contributed by atoms with E-state index in [-0.39, 0.29) is 30.9 Å². The van der Waals surface area contributed by atoms with Gasteiger partial charge in [-0.05, 0) is 93.6 Å². The van der Waals surface area contributed by atoms with E-state index in [1.54, 1.807) is 23.3 Å². The number of nitrogens with zero attached hydrogens (tertiary/aromatic N) is 2. The normalized spacial score (nSPS) is 10.9. The van der Waals surface area contributed by atoms with Gasteiger partial charge in [-0.3, -0.25) is 19.2 Å². The van der Waals surface area contributed by atoms with Crippen LogP contribution in [0.1, 0.15) is 32.2 Å². The summed E-state index contributed by atoms with van der Waals surface area (Å²) in [6, 6.07) is 26.2. The molecule has 0 aliphatic heterocycles. The molecule has 4 aromatic carbocycles. The lowest BCUT2D eigenvalue weighted by molar-refractivity contribution is -0.143. The van der Waals surface area contributed by atoms with Crippen molar-refractivity contribution >= 4 is 104 Å². The summed E-state index contributed by atoms with van der Waals surface area (Å²) in [5, 5.41) is 18.1. The Morgan fingerprint density at radius 2 is 1.07 bits per heavy atom. The summed E-state index contributed by atoms with van der Waals surface area (Å²) in [7, 11) is 0. The zero-order valence-electron chi connectivity index (χ0n) is 30.2. The molecule has 0 saturated carbocycles. The van der Waals surface area contributed by atoms with Crippen LogP contribution < -0.4 is 10.6 Å². The quantitative estimate of drug-likeness (QED) is 0.110. The number of carbonyl (C=O) groups excluding carboxylic acids is 3. The molecular weight excluding hydrogens is 768 g/mol. The van der Waals surface area contributed by atoms with Crippen LogP contribution in [0.5, 0.6) is 0 Å². The number of hydrogen-bond donors (Lipinski definition) is 3. The zero-order chi connectivity index (χ0) is 39.1. The first-order valence-electron chi connectivity index (χ1n) is 16.8. The predicted molar refractivity (Wildman–Crippen MR) is 217 cm³/mol. The fourth-order valence-corrected chi connectivity index (χ4v) is 8.35. The average molecular weight is 806 g/mol. The van der Waals surface area contributed by atoms with Gasteiger partial charge >= 0.3 is 11.9 Å². The van der Waals surface area contributed by atoms with Crippen LogP contribution in [0.15, 0.2) is 105 Å². The van der Waals surface area contributed by atoms with E-state index in [9.17, 15) is 24.3 Å². The van der Waals surface area contributed by atoms with E-state index >= 15 is 0 Å². The summed E-state index contributed by atoms with van der Waals surface area (Å²) in [6.45, 7) is 8.87. The molecule has 2 amide bonds. The third-order valence-electron chi connectivity index (χ3n) is 8.16. The van der Waals surface area contributed by atoms with E-state index in [0.717, 1.165) is 52.8 Å². The number of hydrogen-bond acceptors (Lipinski definition) is 7. The molecule has 14 heteroatoms. The van der Waals surface area contributed by atoms with E-state index < -0.39 is 5.97 Å². The van der Waals surface area contributed by atoms with Crippen molar-refractivity contribution in [3.8, 4) is 0 Å². The molecule has 0 fully saturated rings. The van der Waals surface area contributed by atoms with Gasteiger partial charge < -0.3 is 29.6 Å². The molecule has 0 atom stereocenters. The summed E-state index contributed by atoms with van der Waals surface area (Å²) in [5.74, 6) is -1.54. The van der Waals surface area contributed by atoms with Crippen LogP contribution in [0.25, 0.3) is 21.8 Å². The molecule has 2 heterocycles. The minimum Gasteiger partial charge on any atom is -0.480 e. The Labute approximate surface area is 331 Å². The van der Waals surface area contributed by atoms with Gasteiger partial charge in [0.2, 0.25) is 11.8 Å². The number of carbonyl (C=O) groups is 4. The first-order valence-corrected chi connectivity index (χ1v) is 19.2. The van der Waals surface area contributed by atoms with Gasteiger partial charge in [0.25, 0.3) is 0 Å². The van der Waals surface area contributed by atoms with Crippen LogP contribution in [0.4, 0.5) is 11.4 Å². The number of aliphatic carboxylic acids is 1. The van der Waals surface area contributed by atoms with Crippen molar-refractivity contribution < 1.29 is 29.0 Å². The monoisotopic (exact) mass is 804 g/mol. The summed E-state index contributed by atoms with van der Waals surface area (Å²) in [4.78, 5) is 50.6. The van der Waals surface area contributed by atoms with Crippen LogP contribution >= 0.6 is 46.7 Å². The maximum Gasteiger partial charge on any atom is 0.325 e. The van der Waals surface area contributed by atoms with Gasteiger partial charge in [0.05, 0.1) is 29.0 Å². The van der Waals surface area contributed by atoms with Gasteiger partial charge in [0.1, 0.15) is 13.1 Å². The Morgan fingerprint density at radius 3 is 1.44 bits per heavy atom. The number of ether oxygens (including phenoxy) is 1. The molecule has 0 aliphatic carbocycles. The number of nitrogens with one attached hydrogen (secondary N) is 2. The van der Waals surface area contributed by atoms with Crippen molar-refractivity contribution in [2.75, 3.05) is 17.2 Å². The highest BCUT2D eigenvalue weighted by Gasteiger charge is 2.22. The average Bonchev–Trinajstić information content (AvgIpc) is 3.52. The second kappa shape index (κ2) is 18.0. The number of aromatic nitrogens is 2. The summed E-state index contributed by atoms with van der Waals surface area (Å²) in [6.07, 6.45) is 0. The standard InChI is InChI=1S/C21H21ClN2O3S.C19H17ClN2O3S/c1-4-27-19(26)12-24-13(2)21(28-16-10-8-15(22)9-11-16)20-17(23-14(3)25)6-5-7-18(20)24;1-11-19(26-14-8-6-13(20)7-9-14)18-15(21-12(2)23)4-3-5-16(18)22(11)10-17(24)25/h5-11H,4,12H2,1-3H3,(H,23,25);3-9H,10H2,1-2H3,(H,21,23)(H,24,25). The number of halogens is 2. The van der Waals surface area contributed by atoms with Gasteiger partial charge in [0, 0.05) is 65.6 Å². The number of fused-ring (bicyclic) bond motifs is 2. The lowest BCUT2D eigenvalue weighted by Gasteiger charge is -2.08. The molecule has 0 unspecified atom stereocenters. The maximum atomic E-state index is 12.1. The van der Waals surface area contributed by atoms with Crippen LogP contribution in [-0.2, 0) is 37.0 Å². The summed E-state index contributed by atoms with van der Waals surface area (Å²) < 4.78 is 8.81. The molecular formula is C40H38Cl2N4O6S2. The second-order valence-electron chi connectivity index (χ2n) is 12.1. The largest absolute Gasteiger partial charge is 0.480 e. The highest BCUT2D eigenvalue weighted by Crippen LogP contribution is 2.43. The van der Waals surface area contributed by atoms with Crippen molar-refractivity contribution in [3.05, 3.63) is 106 Å². The van der Waals surface area contributed by atoms with Crippen molar-refractivity contribution in [3.63, 3.8) is 0 Å². The van der Waals surface area contributed by atoms with E-state index in [0.29, 0.717) is 28.0 Å². The lowest BCUT2D eigenvalue weighted by Crippen LogP contribution is -2.14. The molecule has 280 valence electrons. The summed E-state index contributed by atoms with van der Waals surface area (Å²) in [5.41, 5.74) is 4.78. The Kier molecular flexibility index (Phi) is 13.4. The highest BCUT2D eigenvalue weighted by atomic mass is 35.5. The minimum atomic E-state index is -0.919. The van der Waals surface area contributed by atoms with Crippen LogP contribution in [-0.4, -0.2) is 44.6 Å². The molecule has 3 N–H and O–H groups in total. The molecule has 0 bridgehead atoms. The Balaban J connectivity index is 0.000000208. The topological polar surface area (TPSA) is 132 Å². The maximum absolute atomic E-state index is 12.1. The predicted octanol–water partition coefficient (Wildman–Crippen LogP) is 10.1. The fraction of sp³-hybridized carbons (Fsp3) is 0.200. The molecule has 0 spiro atoms. The van der Waals surface area contributed by atoms with Crippen LogP contribution in [0.3, 0.4) is 0 Å². The van der Waals surface area contributed by atoms with Crippen LogP contribution in [0, 0.1) is 13.8 Å². The zero-order valence-corrected chi connectivity index (χ0v) is 33.3. The van der Waals surface area contributed by atoms with Crippen molar-refractivity contribution in [1.29, 1.82) is 0 Å². The number of carboxylic acids is 1. The molecule has 6 rings (SSSR count). The molecule has 10 nitrogen and oxygen atoms in total. The van der Waals surface area contributed by atoms with Crippen LogP contribution in [0.2, 0.25) is 10.0 Å². The van der Waals surface area contributed by atoms with Crippen molar-refractivity contribution in [2.24, 2.45) is 0 Å². The van der Waals surface area contributed by atoms with Crippen molar-refractivity contribution in [1.82, 2.24) is 9.13 Å². The molecule has 0 saturated heterocycles. The number of carboxylic acid groups (broad SMARTS) is 1. The Morgan fingerprint density at radius 1 is 0.667 bits per heavy atom. The van der Waals surface area contributed by atoms with E-state index in [2.05, 4.69) is 10.6 Å². The fourth-order valence-electron chi connectivity index (χ4n) is 5.93. The first-order chi connectivity index (χ1) is 25.8. The van der Waals surface area contributed by atoms with E-state index in [4.69, 9.17) is 27.9 Å². The van der Waals surface area contributed by atoms with Gasteiger partial charge in [0.15, 0.2) is 0 Å². The second-order valence-corrected chi connectivity index (χ2v) is 15.1. The minimum absolute atomic E-state index is 0.112. The molecule has 0 aliphatic rings. The van der Waals surface area contributed by atoms with Gasteiger partial charge in [-0.25, -0.2) is 0 Å². The molecule has 0 radical (unpaired) electrons. The molecule has 6 aromatic rings. The van der Waals surface area contributed by atoms with E-state index in [1.165, 1.54) is 25.6 Å². The third kappa shape index (κ3) is 9.61.